The minimum absolute atomic E-state index is 0.00943. The highest BCUT2D eigenvalue weighted by molar-refractivity contribution is 7.93. The summed E-state index contributed by atoms with van der Waals surface area (Å²) in [7, 11) is -7.13. The van der Waals surface area contributed by atoms with Crippen LogP contribution < -0.4 is 9.03 Å². The first-order chi connectivity index (χ1) is 11.7. The predicted molar refractivity (Wildman–Crippen MR) is 93.6 cm³/mol. The molecule has 1 N–H and O–H groups in total. The zero-order valence-electron chi connectivity index (χ0n) is 13.9. The highest BCUT2D eigenvalue weighted by Gasteiger charge is 2.27. The third kappa shape index (κ3) is 3.49. The number of aromatic nitrogens is 1. The SMILES string of the molecule is Cc1noc(C)c1S(=O)(=O)Nc1ccc(N2CCCCS2(=O)=O)cc1. The smallest absolute Gasteiger partial charge is 0.267 e. The van der Waals surface area contributed by atoms with Gasteiger partial charge in [0.2, 0.25) is 10.0 Å². The Kier molecular flexibility index (Phi) is 4.50. The van der Waals surface area contributed by atoms with Crippen molar-refractivity contribution in [3.05, 3.63) is 35.7 Å². The molecule has 10 heteroatoms. The molecule has 3 rings (SSSR count). The van der Waals surface area contributed by atoms with Crippen molar-refractivity contribution in [1.82, 2.24) is 5.16 Å². The molecule has 0 saturated carbocycles. The average Bonchev–Trinajstić information content (AvgIpc) is 2.87. The summed E-state index contributed by atoms with van der Waals surface area (Å²) in [6, 6.07) is 6.26. The summed E-state index contributed by atoms with van der Waals surface area (Å²) in [6.45, 7) is 3.51. The van der Waals surface area contributed by atoms with Gasteiger partial charge in [0.25, 0.3) is 10.0 Å². The summed E-state index contributed by atoms with van der Waals surface area (Å²) in [6.07, 6.45) is 1.47. The third-order valence-corrected chi connectivity index (χ3v) is 7.49. The van der Waals surface area contributed by atoms with Crippen LogP contribution in [0.3, 0.4) is 0 Å². The van der Waals surface area contributed by atoms with Crippen molar-refractivity contribution in [1.29, 1.82) is 0 Å². The number of nitrogens with zero attached hydrogens (tertiary/aromatic N) is 2. The second-order valence-electron chi connectivity index (χ2n) is 5.90. The van der Waals surface area contributed by atoms with Gasteiger partial charge in [0, 0.05) is 12.2 Å². The largest absolute Gasteiger partial charge is 0.360 e. The first-order valence-corrected chi connectivity index (χ1v) is 10.9. The summed E-state index contributed by atoms with van der Waals surface area (Å²) >= 11 is 0. The zero-order chi connectivity index (χ0) is 18.2. The molecule has 2 heterocycles. The third-order valence-electron chi connectivity index (χ3n) is 3.99. The van der Waals surface area contributed by atoms with Crippen LogP contribution in [0.5, 0.6) is 0 Å². The fourth-order valence-corrected chi connectivity index (χ4v) is 5.87. The number of hydrogen-bond donors (Lipinski definition) is 1. The van der Waals surface area contributed by atoms with Crippen molar-refractivity contribution in [3.8, 4) is 0 Å². The Balaban J connectivity index is 1.84. The monoisotopic (exact) mass is 385 g/mol. The Morgan fingerprint density at radius 2 is 1.84 bits per heavy atom. The van der Waals surface area contributed by atoms with Crippen molar-refractivity contribution in [2.24, 2.45) is 0 Å². The molecule has 0 unspecified atom stereocenters. The molecule has 1 fully saturated rings. The molecule has 0 spiro atoms. The molecular weight excluding hydrogens is 366 g/mol. The zero-order valence-corrected chi connectivity index (χ0v) is 15.5. The molecule has 25 heavy (non-hydrogen) atoms. The maximum atomic E-state index is 12.5. The van der Waals surface area contributed by atoms with E-state index in [1.54, 1.807) is 19.1 Å². The summed E-state index contributed by atoms with van der Waals surface area (Å²) in [5, 5.41) is 3.65. The standard InChI is InChI=1S/C15H19N3O5S2/c1-11-15(12(2)23-16-11)25(21,22)17-13-5-7-14(8-6-13)18-9-3-4-10-24(18,19)20/h5-8,17H,3-4,9-10H2,1-2H3. The molecule has 1 aromatic carbocycles. The molecule has 8 nitrogen and oxygen atoms in total. The molecule has 2 aromatic rings. The maximum Gasteiger partial charge on any atom is 0.267 e. The van der Waals surface area contributed by atoms with Crippen molar-refractivity contribution < 1.29 is 21.4 Å². The molecule has 0 amide bonds. The fraction of sp³-hybridized carbons (Fsp3) is 0.400. The Morgan fingerprint density at radius 1 is 1.16 bits per heavy atom. The van der Waals surface area contributed by atoms with Crippen molar-refractivity contribution >= 4 is 31.4 Å². The molecule has 1 aromatic heterocycles. The molecule has 1 aliphatic rings. The summed E-state index contributed by atoms with van der Waals surface area (Å²) in [5.41, 5.74) is 1.14. The van der Waals surface area contributed by atoms with Crippen LogP contribution in [0.2, 0.25) is 0 Å². The van der Waals surface area contributed by atoms with E-state index in [0.717, 1.165) is 6.42 Å². The molecule has 1 aliphatic heterocycles. The van der Waals surface area contributed by atoms with Gasteiger partial charge in [-0.1, -0.05) is 5.16 Å². The fourth-order valence-electron chi connectivity index (χ4n) is 2.84. The highest BCUT2D eigenvalue weighted by Crippen LogP contribution is 2.27. The van der Waals surface area contributed by atoms with Gasteiger partial charge < -0.3 is 4.52 Å². The molecule has 0 atom stereocenters. The lowest BCUT2D eigenvalue weighted by molar-refractivity contribution is 0.390. The predicted octanol–water partition coefficient (Wildman–Crippen LogP) is 2.02. The minimum Gasteiger partial charge on any atom is -0.360 e. The van der Waals surface area contributed by atoms with Gasteiger partial charge in [-0.2, -0.15) is 0 Å². The molecule has 0 bridgehead atoms. The molecule has 0 radical (unpaired) electrons. The first-order valence-electron chi connectivity index (χ1n) is 7.77. The maximum absolute atomic E-state index is 12.5. The number of benzene rings is 1. The molecular formula is C15H19N3O5S2. The van der Waals surface area contributed by atoms with E-state index in [4.69, 9.17) is 4.52 Å². The number of aryl methyl sites for hydroxylation is 2. The van der Waals surface area contributed by atoms with Gasteiger partial charge in [-0.15, -0.1) is 0 Å². The van der Waals surface area contributed by atoms with E-state index in [1.165, 1.54) is 23.4 Å². The lowest BCUT2D eigenvalue weighted by Crippen LogP contribution is -2.37. The average molecular weight is 385 g/mol. The number of nitrogens with one attached hydrogen (secondary N) is 1. The van der Waals surface area contributed by atoms with Crippen LogP contribution >= 0.6 is 0 Å². The van der Waals surface area contributed by atoms with E-state index in [-0.39, 0.29) is 22.1 Å². The topological polar surface area (TPSA) is 110 Å². The lowest BCUT2D eigenvalue weighted by atomic mass is 10.2. The lowest BCUT2D eigenvalue weighted by Gasteiger charge is -2.28. The van der Waals surface area contributed by atoms with Gasteiger partial charge in [0.05, 0.1) is 11.4 Å². The van der Waals surface area contributed by atoms with E-state index in [0.29, 0.717) is 24.3 Å². The number of rotatable bonds is 4. The second-order valence-corrected chi connectivity index (χ2v) is 9.53. The van der Waals surface area contributed by atoms with Crippen molar-refractivity contribution in [3.63, 3.8) is 0 Å². The Morgan fingerprint density at radius 3 is 2.40 bits per heavy atom. The van der Waals surface area contributed by atoms with E-state index < -0.39 is 20.0 Å². The number of hydrogen-bond acceptors (Lipinski definition) is 6. The van der Waals surface area contributed by atoms with Crippen molar-refractivity contribution in [2.45, 2.75) is 31.6 Å². The van der Waals surface area contributed by atoms with E-state index in [2.05, 4.69) is 9.88 Å². The van der Waals surface area contributed by atoms with Crippen LogP contribution in [0.15, 0.2) is 33.7 Å². The molecule has 136 valence electrons. The van der Waals surface area contributed by atoms with E-state index in [1.807, 2.05) is 0 Å². The number of sulfonamides is 2. The van der Waals surface area contributed by atoms with Gasteiger partial charge in [-0.3, -0.25) is 9.03 Å². The molecule has 1 saturated heterocycles. The highest BCUT2D eigenvalue weighted by atomic mass is 32.2. The summed E-state index contributed by atoms with van der Waals surface area (Å²) in [5.74, 6) is 0.342. The van der Waals surface area contributed by atoms with Gasteiger partial charge in [0.1, 0.15) is 5.69 Å². The summed E-state index contributed by atoms with van der Waals surface area (Å²) in [4.78, 5) is 0.00943. The molecule has 0 aliphatic carbocycles. The Hall–Kier alpha value is -2.07. The van der Waals surface area contributed by atoms with E-state index in [9.17, 15) is 16.8 Å². The van der Waals surface area contributed by atoms with Crippen LogP contribution in [0.25, 0.3) is 0 Å². The van der Waals surface area contributed by atoms with Gasteiger partial charge in [0.15, 0.2) is 10.7 Å². The van der Waals surface area contributed by atoms with Gasteiger partial charge in [-0.25, -0.2) is 16.8 Å². The van der Waals surface area contributed by atoms with Crippen LogP contribution in [-0.4, -0.2) is 34.3 Å². The Labute approximate surface area is 146 Å². The van der Waals surface area contributed by atoms with Crippen LogP contribution in [0.4, 0.5) is 11.4 Å². The van der Waals surface area contributed by atoms with Crippen LogP contribution in [-0.2, 0) is 20.0 Å². The Bertz CT molecular complexity index is 959. The van der Waals surface area contributed by atoms with Gasteiger partial charge in [-0.05, 0) is 51.0 Å². The second kappa shape index (κ2) is 6.34. The first kappa shape index (κ1) is 17.7. The van der Waals surface area contributed by atoms with Gasteiger partial charge >= 0.3 is 0 Å². The summed E-state index contributed by atoms with van der Waals surface area (Å²) < 4.78 is 57.9. The van der Waals surface area contributed by atoms with Crippen LogP contribution in [0.1, 0.15) is 24.3 Å². The quantitative estimate of drug-likeness (QED) is 0.862. The van der Waals surface area contributed by atoms with Crippen molar-refractivity contribution in [2.75, 3.05) is 21.3 Å². The van der Waals surface area contributed by atoms with Crippen LogP contribution in [0, 0.1) is 13.8 Å². The number of anilines is 2. The van der Waals surface area contributed by atoms with E-state index >= 15 is 0 Å². The minimum atomic E-state index is -3.83. The normalized spacial score (nSPS) is 17.4.